The molecule has 1 aromatic rings. The van der Waals surface area contributed by atoms with Crippen molar-refractivity contribution in [3.8, 4) is 0 Å². The van der Waals surface area contributed by atoms with Crippen LogP contribution in [-0.4, -0.2) is 77.4 Å². The number of likely N-dealkylation sites (tertiary alicyclic amines) is 1. The number of esters is 1. The molecular weight excluding hydrogens is 397 g/mol. The van der Waals surface area contributed by atoms with E-state index in [0.29, 0.717) is 12.6 Å². The predicted molar refractivity (Wildman–Crippen MR) is 119 cm³/mol. The molecule has 2 fully saturated rings. The Bertz CT molecular complexity index is 735. The third-order valence-corrected chi connectivity index (χ3v) is 6.27. The average molecular weight is 435 g/mol. The zero-order valence-electron chi connectivity index (χ0n) is 20.1. The Morgan fingerprint density at radius 2 is 1.81 bits per heavy atom. The van der Waals surface area contributed by atoms with Crippen molar-refractivity contribution in [1.29, 1.82) is 0 Å². The van der Waals surface area contributed by atoms with E-state index in [9.17, 15) is 4.79 Å². The molecule has 0 saturated carbocycles. The molecule has 0 unspecified atom stereocenters. The van der Waals surface area contributed by atoms with Gasteiger partial charge in [-0.1, -0.05) is 0 Å². The number of hydrogen-bond donors (Lipinski definition) is 0. The summed E-state index contributed by atoms with van der Waals surface area (Å²) < 4.78 is 25.1. The fourth-order valence-electron chi connectivity index (χ4n) is 3.78. The Kier molecular flexibility index (Phi) is 7.20. The Labute approximate surface area is 186 Å². The zero-order valence-corrected chi connectivity index (χ0v) is 20.1. The number of hydrogen-bond acceptors (Lipinski definition) is 7. The van der Waals surface area contributed by atoms with Gasteiger partial charge < -0.3 is 23.7 Å². The van der Waals surface area contributed by atoms with Crippen LogP contribution in [0.2, 0.25) is 0 Å². The first kappa shape index (κ1) is 24.2. The second kappa shape index (κ2) is 9.21. The van der Waals surface area contributed by atoms with Gasteiger partial charge in [0.25, 0.3) is 0 Å². The second-order valence-electron chi connectivity index (χ2n) is 10.6. The van der Waals surface area contributed by atoms with E-state index >= 15 is 0 Å². The molecule has 3 rings (SSSR count). The third-order valence-electron chi connectivity index (χ3n) is 6.27. The molecule has 31 heavy (non-hydrogen) atoms. The lowest BCUT2D eigenvalue weighted by Crippen LogP contribution is -2.41. The van der Waals surface area contributed by atoms with Gasteiger partial charge in [0, 0.05) is 37.5 Å². The van der Waals surface area contributed by atoms with E-state index in [0.717, 1.165) is 37.9 Å². The highest BCUT2D eigenvalue weighted by Crippen LogP contribution is 2.36. The van der Waals surface area contributed by atoms with Crippen LogP contribution in [-0.2, 0) is 23.6 Å². The van der Waals surface area contributed by atoms with Crippen molar-refractivity contribution < 1.29 is 23.6 Å². The molecule has 0 spiro atoms. The van der Waals surface area contributed by atoms with Crippen molar-refractivity contribution in [2.45, 2.75) is 84.2 Å². The van der Waals surface area contributed by atoms with Crippen molar-refractivity contribution in [2.75, 3.05) is 32.8 Å². The van der Waals surface area contributed by atoms with Gasteiger partial charge in [0.1, 0.15) is 12.2 Å². The molecule has 0 atom stereocenters. The fourth-order valence-corrected chi connectivity index (χ4v) is 3.78. The molecule has 174 valence electrons. The number of carbonyl (C=O) groups is 1. The zero-order chi connectivity index (χ0) is 22.9. The highest BCUT2D eigenvalue weighted by atomic mass is 16.7. The molecule has 8 nitrogen and oxygen atoms in total. The van der Waals surface area contributed by atoms with E-state index in [1.54, 1.807) is 0 Å². The van der Waals surface area contributed by atoms with Crippen LogP contribution in [0.15, 0.2) is 12.4 Å². The molecule has 0 aromatic carbocycles. The summed E-state index contributed by atoms with van der Waals surface area (Å²) in [4.78, 5) is 14.1. The molecule has 0 radical (unpaired) electrons. The van der Waals surface area contributed by atoms with Crippen molar-refractivity contribution in [3.05, 3.63) is 12.4 Å². The largest absolute Gasteiger partial charge is 0.498 e. The van der Waals surface area contributed by atoms with Crippen LogP contribution in [0.1, 0.15) is 67.3 Å². The topological polar surface area (TPSA) is 75.1 Å². The van der Waals surface area contributed by atoms with Gasteiger partial charge in [0.05, 0.1) is 23.9 Å². The lowest BCUT2D eigenvalue weighted by molar-refractivity contribution is -0.160. The van der Waals surface area contributed by atoms with Gasteiger partial charge in [-0.05, 0) is 61.3 Å². The maximum atomic E-state index is 11.7. The summed E-state index contributed by atoms with van der Waals surface area (Å²) in [6.07, 6.45) is 5.97. The van der Waals surface area contributed by atoms with Gasteiger partial charge in [-0.25, -0.2) is 4.79 Å². The van der Waals surface area contributed by atoms with Gasteiger partial charge >= 0.3 is 13.1 Å². The second-order valence-corrected chi connectivity index (χ2v) is 10.6. The first-order valence-corrected chi connectivity index (χ1v) is 11.3. The first-order valence-electron chi connectivity index (χ1n) is 11.3. The maximum Gasteiger partial charge on any atom is 0.498 e. The molecule has 0 aliphatic carbocycles. The Morgan fingerprint density at radius 1 is 1.19 bits per heavy atom. The van der Waals surface area contributed by atoms with Crippen LogP contribution in [0.3, 0.4) is 0 Å². The normalized spacial score (nSPS) is 22.1. The van der Waals surface area contributed by atoms with Crippen LogP contribution >= 0.6 is 0 Å². The summed E-state index contributed by atoms with van der Waals surface area (Å²) in [6, 6.07) is 0.370. The lowest BCUT2D eigenvalue weighted by atomic mass is 9.82. The van der Waals surface area contributed by atoms with E-state index in [1.807, 2.05) is 27.0 Å². The van der Waals surface area contributed by atoms with Gasteiger partial charge in [0.15, 0.2) is 0 Å². The van der Waals surface area contributed by atoms with Crippen molar-refractivity contribution >= 4 is 18.6 Å². The minimum absolute atomic E-state index is 0.00270. The van der Waals surface area contributed by atoms with Crippen LogP contribution in [0.4, 0.5) is 0 Å². The highest BCUT2D eigenvalue weighted by Gasteiger charge is 2.52. The van der Waals surface area contributed by atoms with E-state index in [-0.39, 0.29) is 30.9 Å². The van der Waals surface area contributed by atoms with E-state index in [1.165, 1.54) is 0 Å². The standard InChI is InChI=1S/C22H38BN3O5/c1-20(2,3)29-19(27)16-28-13-12-25-10-8-18(9-11-25)26-15-17(14-24-26)23-30-21(4,5)22(6,7)31-23/h14-15,18H,8-13,16H2,1-7H3. The monoisotopic (exact) mass is 435 g/mol. The van der Waals surface area contributed by atoms with E-state index in [4.69, 9.17) is 18.8 Å². The van der Waals surface area contributed by atoms with Gasteiger partial charge in [-0.2, -0.15) is 5.10 Å². The fraction of sp³-hybridized carbons (Fsp3) is 0.818. The van der Waals surface area contributed by atoms with Crippen molar-refractivity contribution in [1.82, 2.24) is 14.7 Å². The summed E-state index contributed by atoms with van der Waals surface area (Å²) in [6.45, 7) is 17.1. The Hall–Kier alpha value is -1.42. The summed E-state index contributed by atoms with van der Waals surface area (Å²) in [5.74, 6) is -0.317. The average Bonchev–Trinajstić information content (AvgIpc) is 3.21. The van der Waals surface area contributed by atoms with Crippen LogP contribution in [0.25, 0.3) is 0 Å². The van der Waals surface area contributed by atoms with Crippen LogP contribution < -0.4 is 5.46 Å². The van der Waals surface area contributed by atoms with Crippen LogP contribution in [0, 0.1) is 0 Å². The summed E-state index contributed by atoms with van der Waals surface area (Å²) in [5.41, 5.74) is -0.207. The Balaban J connectivity index is 1.39. The quantitative estimate of drug-likeness (QED) is 0.369. The molecule has 2 aliphatic heterocycles. The number of ether oxygens (including phenoxy) is 2. The Morgan fingerprint density at radius 3 is 2.39 bits per heavy atom. The number of rotatable bonds is 7. The SMILES string of the molecule is CC(C)(C)OC(=O)COCCN1CCC(n2cc(B3OC(C)(C)C(C)(C)O3)cn2)CC1. The molecule has 1 aromatic heterocycles. The van der Waals surface area contributed by atoms with Gasteiger partial charge in [-0.3, -0.25) is 4.68 Å². The first-order chi connectivity index (χ1) is 14.4. The lowest BCUT2D eigenvalue weighted by Gasteiger charge is -2.32. The van der Waals surface area contributed by atoms with Crippen molar-refractivity contribution in [2.24, 2.45) is 0 Å². The molecule has 9 heteroatoms. The maximum absolute atomic E-state index is 11.7. The number of aromatic nitrogens is 2. The minimum atomic E-state index is -0.475. The molecule has 0 amide bonds. The smallest absolute Gasteiger partial charge is 0.458 e. The molecule has 2 aliphatic rings. The number of piperidine rings is 1. The third kappa shape index (κ3) is 6.31. The molecule has 0 bridgehead atoms. The van der Waals surface area contributed by atoms with Gasteiger partial charge in [-0.15, -0.1) is 0 Å². The molecule has 2 saturated heterocycles. The van der Waals surface area contributed by atoms with E-state index < -0.39 is 5.60 Å². The minimum Gasteiger partial charge on any atom is -0.458 e. The van der Waals surface area contributed by atoms with Crippen LogP contribution in [0.5, 0.6) is 0 Å². The molecule has 3 heterocycles. The predicted octanol–water partition coefficient (Wildman–Crippen LogP) is 2.18. The van der Waals surface area contributed by atoms with Crippen molar-refractivity contribution in [3.63, 3.8) is 0 Å². The van der Waals surface area contributed by atoms with E-state index in [2.05, 4.69) is 48.6 Å². The molecular formula is C22H38BN3O5. The summed E-state index contributed by atoms with van der Waals surface area (Å²) in [7, 11) is -0.374. The molecule has 0 N–H and O–H groups in total. The number of nitrogens with zero attached hydrogens (tertiary/aromatic N) is 3. The summed E-state index contributed by atoms with van der Waals surface area (Å²) in [5, 5.41) is 4.59. The van der Waals surface area contributed by atoms with Gasteiger partial charge in [0.2, 0.25) is 0 Å². The number of carbonyl (C=O) groups excluding carboxylic acids is 1. The highest BCUT2D eigenvalue weighted by molar-refractivity contribution is 6.62. The summed E-state index contributed by atoms with van der Waals surface area (Å²) >= 11 is 0.